The minimum atomic E-state index is -0.608. The van der Waals surface area contributed by atoms with Gasteiger partial charge in [0.15, 0.2) is 0 Å². The minimum absolute atomic E-state index is 0.00572. The van der Waals surface area contributed by atoms with Gasteiger partial charge in [-0.1, -0.05) is 70.4 Å². The molecule has 2 fully saturated rings. The van der Waals surface area contributed by atoms with E-state index in [9.17, 15) is 14.7 Å². The number of nitrogens with zero attached hydrogens (tertiary/aromatic N) is 1. The smallest absolute Gasteiger partial charge is 0.295 e. The summed E-state index contributed by atoms with van der Waals surface area (Å²) < 4.78 is 5.82. The van der Waals surface area contributed by atoms with Crippen LogP contribution in [0.1, 0.15) is 82.5 Å². The van der Waals surface area contributed by atoms with Crippen molar-refractivity contribution in [2.24, 2.45) is 0 Å². The molecule has 1 saturated carbocycles. The molecule has 34 heavy (non-hydrogen) atoms. The summed E-state index contributed by atoms with van der Waals surface area (Å²) in [5.41, 5.74) is 2.25. The van der Waals surface area contributed by atoms with Gasteiger partial charge in [-0.05, 0) is 48.9 Å². The predicted molar refractivity (Wildman–Crippen MR) is 134 cm³/mol. The van der Waals surface area contributed by atoms with Crippen molar-refractivity contribution in [2.75, 3.05) is 6.61 Å². The largest absolute Gasteiger partial charge is 0.507 e. The second-order valence-electron chi connectivity index (χ2n) is 10.3. The molecule has 4 rings (SSSR count). The molecule has 0 radical (unpaired) electrons. The summed E-state index contributed by atoms with van der Waals surface area (Å²) in [7, 11) is 0. The van der Waals surface area contributed by atoms with Gasteiger partial charge in [-0.2, -0.15) is 0 Å². The fourth-order valence-electron chi connectivity index (χ4n) is 5.25. The molecule has 2 aromatic rings. The number of benzene rings is 2. The average molecular weight is 462 g/mol. The van der Waals surface area contributed by atoms with Gasteiger partial charge in [-0.15, -0.1) is 0 Å². The van der Waals surface area contributed by atoms with E-state index < -0.39 is 17.7 Å². The molecule has 0 spiro atoms. The van der Waals surface area contributed by atoms with Crippen molar-refractivity contribution in [3.8, 4) is 5.75 Å². The van der Waals surface area contributed by atoms with Crippen molar-refractivity contribution in [3.05, 3.63) is 70.8 Å². The molecule has 1 N–H and O–H groups in total. The van der Waals surface area contributed by atoms with Crippen LogP contribution in [-0.4, -0.2) is 34.3 Å². The monoisotopic (exact) mass is 461 g/mol. The highest BCUT2D eigenvalue weighted by molar-refractivity contribution is 6.46. The number of aliphatic hydroxyl groups is 1. The summed E-state index contributed by atoms with van der Waals surface area (Å²) in [6.07, 6.45) is 5.01. The maximum Gasteiger partial charge on any atom is 0.295 e. The third-order valence-electron chi connectivity index (χ3n) is 6.92. The lowest BCUT2D eigenvalue weighted by Gasteiger charge is -2.35. The fraction of sp³-hybridized carbons (Fsp3) is 0.448. The van der Waals surface area contributed by atoms with E-state index in [1.807, 2.05) is 49.4 Å². The molecule has 2 aromatic carbocycles. The Morgan fingerprint density at radius 3 is 2.32 bits per heavy atom. The highest BCUT2D eigenvalue weighted by atomic mass is 16.5. The molecule has 2 aliphatic rings. The number of aliphatic hydroxyl groups excluding tert-OH is 1. The predicted octanol–water partition coefficient (Wildman–Crippen LogP) is 6.14. The summed E-state index contributed by atoms with van der Waals surface area (Å²) in [6, 6.07) is 14.5. The van der Waals surface area contributed by atoms with Gasteiger partial charge in [0.25, 0.3) is 11.7 Å². The summed E-state index contributed by atoms with van der Waals surface area (Å²) in [6.45, 7) is 8.73. The molecular weight excluding hydrogens is 426 g/mol. The van der Waals surface area contributed by atoms with Crippen LogP contribution in [0.3, 0.4) is 0 Å². The number of carbonyl (C=O) groups excluding carboxylic acids is 2. The van der Waals surface area contributed by atoms with Crippen LogP contribution in [0.5, 0.6) is 5.75 Å². The third-order valence-corrected chi connectivity index (χ3v) is 6.92. The van der Waals surface area contributed by atoms with E-state index in [4.69, 9.17) is 4.74 Å². The lowest BCUT2D eigenvalue weighted by Crippen LogP contribution is -2.40. The maximum atomic E-state index is 13.4. The van der Waals surface area contributed by atoms with Gasteiger partial charge in [0.2, 0.25) is 0 Å². The quantitative estimate of drug-likeness (QED) is 0.330. The first-order valence-corrected chi connectivity index (χ1v) is 12.4. The molecule has 0 bridgehead atoms. The Morgan fingerprint density at radius 1 is 1.03 bits per heavy atom. The number of carbonyl (C=O) groups is 2. The SMILES string of the molecule is CCOc1ccc(/C(O)=C2/C(=O)C(=O)N(C3CCCCC3)C2c2ccccc2)cc1C(C)(C)C. The van der Waals surface area contributed by atoms with E-state index >= 15 is 0 Å². The number of hydrogen-bond donors (Lipinski definition) is 1. The molecule has 180 valence electrons. The van der Waals surface area contributed by atoms with Crippen molar-refractivity contribution in [2.45, 2.75) is 77.3 Å². The molecule has 1 atom stereocenters. The zero-order valence-corrected chi connectivity index (χ0v) is 20.6. The molecule has 1 saturated heterocycles. The van der Waals surface area contributed by atoms with Crippen molar-refractivity contribution in [3.63, 3.8) is 0 Å². The normalized spacial score (nSPS) is 21.2. The standard InChI is InChI=1S/C29H35NO4/c1-5-34-23-17-16-20(18-22(23)29(2,3)4)26(31)24-25(19-12-8-6-9-13-19)30(28(33)27(24)32)21-14-10-7-11-15-21/h6,8-9,12-13,16-18,21,25,31H,5,7,10-11,14-15H2,1-4H3/b26-24-. The molecule has 0 aromatic heterocycles. The van der Waals surface area contributed by atoms with Crippen molar-refractivity contribution in [1.29, 1.82) is 0 Å². The Morgan fingerprint density at radius 2 is 1.71 bits per heavy atom. The highest BCUT2D eigenvalue weighted by Gasteiger charge is 2.48. The Labute approximate surface area is 202 Å². The van der Waals surface area contributed by atoms with Crippen molar-refractivity contribution in [1.82, 2.24) is 4.90 Å². The summed E-state index contributed by atoms with van der Waals surface area (Å²) in [5.74, 6) is -0.486. The molecule has 5 nitrogen and oxygen atoms in total. The van der Waals surface area contributed by atoms with E-state index in [2.05, 4.69) is 20.8 Å². The van der Waals surface area contributed by atoms with Gasteiger partial charge in [0, 0.05) is 17.2 Å². The van der Waals surface area contributed by atoms with Gasteiger partial charge in [0.05, 0.1) is 18.2 Å². The number of ketones is 1. The molecule has 1 unspecified atom stereocenters. The number of Topliss-reactive ketones (excluding diaryl/α,β-unsaturated/α-hetero) is 1. The molecular formula is C29H35NO4. The summed E-state index contributed by atoms with van der Waals surface area (Å²) in [5, 5.41) is 11.5. The van der Waals surface area contributed by atoms with E-state index in [-0.39, 0.29) is 22.8 Å². The Kier molecular flexibility index (Phi) is 6.83. The maximum absolute atomic E-state index is 13.4. The van der Waals surface area contributed by atoms with Gasteiger partial charge in [-0.25, -0.2) is 0 Å². The first-order chi connectivity index (χ1) is 16.2. The lowest BCUT2D eigenvalue weighted by atomic mass is 9.84. The molecule has 1 aliphatic heterocycles. The van der Waals surface area contributed by atoms with Crippen molar-refractivity contribution < 1.29 is 19.4 Å². The Bertz CT molecular complexity index is 1090. The second-order valence-corrected chi connectivity index (χ2v) is 10.3. The van der Waals surface area contributed by atoms with Crippen LogP contribution in [0.15, 0.2) is 54.1 Å². The van der Waals surface area contributed by atoms with Gasteiger partial charge < -0.3 is 14.7 Å². The molecule has 1 aliphatic carbocycles. The number of likely N-dealkylation sites (tertiary alicyclic amines) is 1. The van der Waals surface area contributed by atoms with E-state index in [0.29, 0.717) is 12.2 Å². The van der Waals surface area contributed by atoms with Crippen molar-refractivity contribution >= 4 is 17.4 Å². The summed E-state index contributed by atoms with van der Waals surface area (Å²) >= 11 is 0. The van der Waals surface area contributed by atoms with Crippen LogP contribution in [0.2, 0.25) is 0 Å². The first kappa shape index (κ1) is 24.1. The van der Waals surface area contributed by atoms with Gasteiger partial charge in [-0.3, -0.25) is 9.59 Å². The topological polar surface area (TPSA) is 66.8 Å². The van der Waals surface area contributed by atoms with Crippen LogP contribution in [0, 0.1) is 0 Å². The lowest BCUT2D eigenvalue weighted by molar-refractivity contribution is -0.141. The molecule has 1 amide bonds. The number of hydrogen-bond acceptors (Lipinski definition) is 4. The number of amides is 1. The van der Waals surface area contributed by atoms with Crippen LogP contribution < -0.4 is 4.74 Å². The molecule has 5 heteroatoms. The van der Waals surface area contributed by atoms with E-state index in [1.54, 1.807) is 11.0 Å². The Balaban J connectivity index is 1.87. The van der Waals surface area contributed by atoms with Crippen LogP contribution in [0.25, 0.3) is 5.76 Å². The zero-order chi connectivity index (χ0) is 24.5. The fourth-order valence-corrected chi connectivity index (χ4v) is 5.25. The number of rotatable bonds is 5. The highest BCUT2D eigenvalue weighted by Crippen LogP contribution is 2.43. The van der Waals surface area contributed by atoms with Crippen LogP contribution in [0.4, 0.5) is 0 Å². The second kappa shape index (κ2) is 9.65. The van der Waals surface area contributed by atoms with E-state index in [1.165, 1.54) is 0 Å². The zero-order valence-electron chi connectivity index (χ0n) is 20.6. The Hall–Kier alpha value is -3.08. The van der Waals surface area contributed by atoms with Crippen LogP contribution >= 0.6 is 0 Å². The number of ether oxygens (including phenoxy) is 1. The van der Waals surface area contributed by atoms with E-state index in [0.717, 1.165) is 49.0 Å². The van der Waals surface area contributed by atoms with Crippen LogP contribution in [-0.2, 0) is 15.0 Å². The molecule has 1 heterocycles. The van der Waals surface area contributed by atoms with Gasteiger partial charge in [0.1, 0.15) is 11.5 Å². The summed E-state index contributed by atoms with van der Waals surface area (Å²) in [4.78, 5) is 28.4. The minimum Gasteiger partial charge on any atom is -0.507 e. The first-order valence-electron chi connectivity index (χ1n) is 12.4. The van der Waals surface area contributed by atoms with Gasteiger partial charge >= 0.3 is 0 Å². The average Bonchev–Trinajstić information content (AvgIpc) is 3.10. The third kappa shape index (κ3) is 4.48.